The molecule has 6 N–H and O–H groups in total. The molecule has 348 valence electrons. The second kappa shape index (κ2) is 36.1. The van der Waals surface area contributed by atoms with Crippen molar-refractivity contribution >= 4 is 19.8 Å². The number of carbonyl (C=O) groups excluding carboxylic acids is 2. The van der Waals surface area contributed by atoms with Crippen LogP contribution in [0, 0.1) is 0 Å². The number of phosphoric acid groups is 1. The summed E-state index contributed by atoms with van der Waals surface area (Å²) < 4.78 is 33.3. The summed E-state index contributed by atoms with van der Waals surface area (Å²) in [6.45, 7) is 3.22. The summed E-state index contributed by atoms with van der Waals surface area (Å²) in [5.74, 6) is -1.14. The van der Waals surface area contributed by atoms with Crippen LogP contribution in [-0.2, 0) is 32.7 Å². The zero-order chi connectivity index (χ0) is 43.6. The number of hydrogen-bond acceptors (Lipinski definition) is 12. The van der Waals surface area contributed by atoms with Crippen molar-refractivity contribution in [2.75, 3.05) is 13.2 Å². The Bertz CT molecular complexity index is 1090. The summed E-state index contributed by atoms with van der Waals surface area (Å²) in [6, 6.07) is 0. The van der Waals surface area contributed by atoms with Gasteiger partial charge in [0, 0.05) is 12.8 Å². The molecule has 0 radical (unpaired) electrons. The Kier molecular flexibility index (Phi) is 34.0. The second-order valence-corrected chi connectivity index (χ2v) is 18.0. The van der Waals surface area contributed by atoms with Gasteiger partial charge in [-0.1, -0.05) is 174 Å². The Morgan fingerprint density at radius 3 is 1.34 bits per heavy atom. The van der Waals surface area contributed by atoms with Gasteiger partial charge in [0.15, 0.2) is 6.10 Å². The van der Waals surface area contributed by atoms with Crippen LogP contribution in [0.15, 0.2) is 12.2 Å². The lowest BCUT2D eigenvalue weighted by Crippen LogP contribution is -2.64. The fourth-order valence-electron chi connectivity index (χ4n) is 7.29. The summed E-state index contributed by atoms with van der Waals surface area (Å²) in [7, 11) is -5.11. The van der Waals surface area contributed by atoms with Gasteiger partial charge in [-0.25, -0.2) is 4.57 Å². The molecule has 0 aromatic rings. The zero-order valence-corrected chi connectivity index (χ0v) is 37.7. The molecule has 59 heavy (non-hydrogen) atoms. The molecule has 1 saturated carbocycles. The van der Waals surface area contributed by atoms with E-state index in [9.17, 15) is 44.6 Å². The highest BCUT2D eigenvalue weighted by molar-refractivity contribution is 7.47. The molecule has 0 aliphatic heterocycles. The van der Waals surface area contributed by atoms with Crippen molar-refractivity contribution in [1.82, 2.24) is 0 Å². The first-order chi connectivity index (χ1) is 28.4. The average Bonchev–Trinajstić information content (AvgIpc) is 3.21. The van der Waals surface area contributed by atoms with Gasteiger partial charge in [0.05, 0.1) is 6.61 Å². The van der Waals surface area contributed by atoms with E-state index in [0.29, 0.717) is 19.3 Å². The first kappa shape index (κ1) is 55.6. The SMILES string of the molecule is CCCCCCCCCCCCCCCCCCCC/C=C/CCCC(=O)OC[C@@H](COP(=O)(O)OC1C(O)C(O)C(O)[C@H](O)C1O)OC(=O)CCCCCCCCC. The van der Waals surface area contributed by atoms with Crippen molar-refractivity contribution in [2.24, 2.45) is 0 Å². The molecule has 0 heterocycles. The Labute approximate surface area is 356 Å². The molecule has 0 aromatic carbocycles. The number of ether oxygens (including phenoxy) is 2. The van der Waals surface area contributed by atoms with Gasteiger partial charge in [-0.05, 0) is 32.1 Å². The van der Waals surface area contributed by atoms with Crippen molar-refractivity contribution in [3.8, 4) is 0 Å². The maximum Gasteiger partial charge on any atom is 0.472 e. The summed E-state index contributed by atoms with van der Waals surface area (Å²) in [4.78, 5) is 35.4. The molecule has 1 aliphatic carbocycles. The summed E-state index contributed by atoms with van der Waals surface area (Å²) in [5.41, 5.74) is 0. The Morgan fingerprint density at radius 1 is 0.508 bits per heavy atom. The van der Waals surface area contributed by atoms with Gasteiger partial charge in [0.25, 0.3) is 0 Å². The maximum absolute atomic E-state index is 12.7. The summed E-state index contributed by atoms with van der Waals surface area (Å²) in [5, 5.41) is 50.0. The predicted octanol–water partition coefficient (Wildman–Crippen LogP) is 9.06. The molecule has 13 nitrogen and oxygen atoms in total. The molecule has 6 unspecified atom stereocenters. The van der Waals surface area contributed by atoms with E-state index in [1.807, 2.05) is 0 Å². The van der Waals surface area contributed by atoms with Gasteiger partial charge in [0.2, 0.25) is 0 Å². The van der Waals surface area contributed by atoms with E-state index in [0.717, 1.165) is 44.9 Å². The van der Waals surface area contributed by atoms with E-state index < -0.39 is 75.7 Å². The second-order valence-electron chi connectivity index (χ2n) is 16.6. The Hall–Kier alpha value is -1.41. The first-order valence-electron chi connectivity index (χ1n) is 23.5. The highest BCUT2D eigenvalue weighted by Crippen LogP contribution is 2.47. The molecule has 1 rings (SSSR count). The van der Waals surface area contributed by atoms with E-state index in [1.54, 1.807) is 0 Å². The Balaban J connectivity index is 2.31. The van der Waals surface area contributed by atoms with Crippen LogP contribution >= 0.6 is 7.82 Å². The molecule has 0 amide bonds. The lowest BCUT2D eigenvalue weighted by Gasteiger charge is -2.41. The predicted molar refractivity (Wildman–Crippen MR) is 231 cm³/mol. The third-order valence-corrected chi connectivity index (χ3v) is 12.1. The quantitative estimate of drug-likeness (QED) is 0.0148. The molecule has 1 aliphatic rings. The fraction of sp³-hybridized carbons (Fsp3) is 0.911. The number of aliphatic hydroxyl groups is 5. The number of phosphoric ester groups is 1. The molecule has 0 spiro atoms. The molecule has 14 heteroatoms. The van der Waals surface area contributed by atoms with E-state index in [1.165, 1.54) is 116 Å². The molecule has 0 bridgehead atoms. The topological polar surface area (TPSA) is 210 Å². The van der Waals surface area contributed by atoms with Gasteiger partial charge < -0.3 is 39.9 Å². The molecule has 0 saturated heterocycles. The number of carbonyl (C=O) groups is 2. The van der Waals surface area contributed by atoms with E-state index in [4.69, 9.17) is 18.5 Å². The van der Waals surface area contributed by atoms with Crippen LogP contribution in [0.1, 0.15) is 206 Å². The fourth-order valence-corrected chi connectivity index (χ4v) is 8.26. The van der Waals surface area contributed by atoms with Gasteiger partial charge in [-0.3, -0.25) is 18.6 Å². The minimum Gasteiger partial charge on any atom is -0.462 e. The van der Waals surface area contributed by atoms with Crippen LogP contribution < -0.4 is 0 Å². The molecule has 8 atom stereocenters. The monoisotopic (exact) mass is 865 g/mol. The number of aliphatic hydroxyl groups excluding tert-OH is 5. The number of esters is 2. The normalized spacial score (nSPS) is 22.4. The first-order valence-corrected chi connectivity index (χ1v) is 25.0. The largest absolute Gasteiger partial charge is 0.472 e. The molecule has 1 fully saturated rings. The van der Waals surface area contributed by atoms with Crippen molar-refractivity contribution in [3.63, 3.8) is 0 Å². The highest BCUT2D eigenvalue weighted by Gasteiger charge is 2.51. The lowest BCUT2D eigenvalue weighted by atomic mass is 9.85. The molecular formula is C45H85O13P. The van der Waals surface area contributed by atoms with Gasteiger partial charge >= 0.3 is 19.8 Å². The highest BCUT2D eigenvalue weighted by atomic mass is 31.2. The summed E-state index contributed by atoms with van der Waals surface area (Å²) in [6.07, 6.45) is 24.8. The van der Waals surface area contributed by atoms with Gasteiger partial charge in [0.1, 0.15) is 43.2 Å². The minimum atomic E-state index is -5.11. The Morgan fingerprint density at radius 2 is 0.881 bits per heavy atom. The standard InChI is InChI=1S/C45H85O13P/c1-3-5-7-9-11-12-13-14-15-16-17-18-19-20-21-22-23-24-25-26-28-29-31-33-38(46)55-35-37(57-39(47)34-32-30-27-10-8-6-4-2)36-56-59(53,54)58-45-43(51)41(49)40(48)42(50)44(45)52/h26,28,37,40-45,48-52H,3-25,27,29-36H2,1-2H3,(H,53,54)/b28-26+/t37-,40?,41-,42?,43?,44?,45?/m0/s1. The van der Waals surface area contributed by atoms with Crippen molar-refractivity contribution in [3.05, 3.63) is 12.2 Å². The summed E-state index contributed by atoms with van der Waals surface area (Å²) >= 11 is 0. The maximum atomic E-state index is 12.7. The third-order valence-electron chi connectivity index (χ3n) is 11.1. The number of hydrogen-bond donors (Lipinski definition) is 6. The van der Waals surface area contributed by atoms with Crippen LogP contribution in [-0.4, -0.2) is 98.3 Å². The van der Waals surface area contributed by atoms with Crippen LogP contribution in [0.2, 0.25) is 0 Å². The molecular weight excluding hydrogens is 779 g/mol. The van der Waals surface area contributed by atoms with Crippen LogP contribution in [0.4, 0.5) is 0 Å². The number of allylic oxidation sites excluding steroid dienone is 2. The van der Waals surface area contributed by atoms with Crippen LogP contribution in [0.5, 0.6) is 0 Å². The smallest absolute Gasteiger partial charge is 0.462 e. The van der Waals surface area contributed by atoms with Gasteiger partial charge in [-0.2, -0.15) is 0 Å². The minimum absolute atomic E-state index is 0.0932. The number of rotatable bonds is 39. The third kappa shape index (κ3) is 28.7. The average molecular weight is 865 g/mol. The van der Waals surface area contributed by atoms with Crippen LogP contribution in [0.25, 0.3) is 0 Å². The zero-order valence-electron chi connectivity index (χ0n) is 36.8. The van der Waals surface area contributed by atoms with E-state index in [-0.39, 0.29) is 12.8 Å². The molecule has 0 aromatic heterocycles. The van der Waals surface area contributed by atoms with Gasteiger partial charge in [-0.15, -0.1) is 0 Å². The van der Waals surface area contributed by atoms with Crippen molar-refractivity contribution < 1.29 is 63.1 Å². The van der Waals surface area contributed by atoms with Crippen molar-refractivity contribution in [1.29, 1.82) is 0 Å². The van der Waals surface area contributed by atoms with E-state index in [2.05, 4.69) is 26.0 Å². The van der Waals surface area contributed by atoms with Crippen molar-refractivity contribution in [2.45, 2.75) is 249 Å². The van der Waals surface area contributed by atoms with Crippen LogP contribution in [0.3, 0.4) is 0 Å². The van der Waals surface area contributed by atoms with E-state index >= 15 is 0 Å². The number of unbranched alkanes of at least 4 members (excludes halogenated alkanes) is 25. The lowest BCUT2D eigenvalue weighted by molar-refractivity contribution is -0.220.